The van der Waals surface area contributed by atoms with Crippen LogP contribution < -0.4 is 5.32 Å². The molecule has 0 radical (unpaired) electrons. The van der Waals surface area contributed by atoms with Gasteiger partial charge in [-0.1, -0.05) is 6.92 Å². The summed E-state index contributed by atoms with van der Waals surface area (Å²) < 4.78 is 5.12. The zero-order valence-electron chi connectivity index (χ0n) is 16.4. The average Bonchev–Trinajstić information content (AvgIpc) is 2.63. The summed E-state index contributed by atoms with van der Waals surface area (Å²) in [4.78, 5) is 38.8. The lowest BCUT2D eigenvalue weighted by Gasteiger charge is -2.55. The van der Waals surface area contributed by atoms with Crippen LogP contribution in [-0.4, -0.2) is 48.9 Å². The molecule has 4 aliphatic carbocycles. The minimum absolute atomic E-state index is 0.0229. The van der Waals surface area contributed by atoms with Crippen molar-refractivity contribution in [2.75, 3.05) is 26.2 Å². The van der Waals surface area contributed by atoms with E-state index in [9.17, 15) is 14.4 Å². The molecule has 5 rings (SSSR count). The number of hydrogen-bond acceptors (Lipinski definition) is 4. The van der Waals surface area contributed by atoms with Crippen LogP contribution in [0.25, 0.3) is 0 Å². The molecule has 4 bridgehead atoms. The summed E-state index contributed by atoms with van der Waals surface area (Å²) in [6.07, 6.45) is 8.92. The molecule has 1 aliphatic heterocycles. The molecule has 0 unspecified atom stereocenters. The zero-order valence-corrected chi connectivity index (χ0v) is 16.4. The number of carbonyl (C=O) groups is 3. The third kappa shape index (κ3) is 3.99. The standard InChI is InChI=1S/C21H32N2O4/c1-14-3-2-4-23(12-14)18(24)13-27-19(25)11-22-20(26)21-8-15-5-16(9-21)7-17(6-15)10-21/h14-17H,2-13H2,1H3,(H,22,26)/t14-,15?,16?,17?,21?/m0/s1. The predicted octanol–water partition coefficient (Wildman–Crippen LogP) is 2.12. The maximum Gasteiger partial charge on any atom is 0.325 e. The first-order valence-corrected chi connectivity index (χ1v) is 10.7. The van der Waals surface area contributed by atoms with Crippen LogP contribution in [0, 0.1) is 29.1 Å². The van der Waals surface area contributed by atoms with E-state index in [-0.39, 0.29) is 30.4 Å². The number of hydrogen-bond donors (Lipinski definition) is 1. The van der Waals surface area contributed by atoms with E-state index in [2.05, 4.69) is 12.2 Å². The molecule has 4 saturated carbocycles. The first-order valence-electron chi connectivity index (χ1n) is 10.7. The van der Waals surface area contributed by atoms with Crippen molar-refractivity contribution >= 4 is 17.8 Å². The van der Waals surface area contributed by atoms with Crippen molar-refractivity contribution in [2.24, 2.45) is 29.1 Å². The molecule has 150 valence electrons. The Kier molecular flexibility index (Phi) is 5.17. The first kappa shape index (κ1) is 18.8. The minimum atomic E-state index is -0.522. The van der Waals surface area contributed by atoms with Gasteiger partial charge in [0, 0.05) is 18.5 Å². The molecule has 6 heteroatoms. The quantitative estimate of drug-likeness (QED) is 0.746. The lowest BCUT2D eigenvalue weighted by Crippen LogP contribution is -2.54. The Morgan fingerprint density at radius 3 is 2.30 bits per heavy atom. The van der Waals surface area contributed by atoms with Gasteiger partial charge in [-0.2, -0.15) is 0 Å². The molecule has 1 saturated heterocycles. The molecule has 6 nitrogen and oxygen atoms in total. The summed E-state index contributed by atoms with van der Waals surface area (Å²) in [7, 11) is 0. The van der Waals surface area contributed by atoms with Crippen LogP contribution in [-0.2, 0) is 19.1 Å². The van der Waals surface area contributed by atoms with Crippen molar-refractivity contribution in [1.29, 1.82) is 0 Å². The van der Waals surface area contributed by atoms with Crippen LogP contribution in [0.15, 0.2) is 0 Å². The number of nitrogens with one attached hydrogen (secondary N) is 1. The molecule has 1 N–H and O–H groups in total. The number of carbonyl (C=O) groups excluding carboxylic acids is 3. The van der Waals surface area contributed by atoms with E-state index < -0.39 is 5.97 Å². The summed E-state index contributed by atoms with van der Waals surface area (Å²) in [6.45, 7) is 3.25. The van der Waals surface area contributed by atoms with Crippen molar-refractivity contribution in [2.45, 2.75) is 58.3 Å². The third-order valence-corrected chi connectivity index (χ3v) is 7.28. The molecule has 2 amide bonds. The summed E-state index contributed by atoms with van der Waals surface area (Å²) in [6, 6.07) is 0. The van der Waals surface area contributed by atoms with E-state index >= 15 is 0 Å². The van der Waals surface area contributed by atoms with Crippen LogP contribution in [0.3, 0.4) is 0 Å². The monoisotopic (exact) mass is 376 g/mol. The highest BCUT2D eigenvalue weighted by molar-refractivity contribution is 5.87. The summed E-state index contributed by atoms with van der Waals surface area (Å²) in [5.74, 6) is 1.94. The molecule has 0 aromatic carbocycles. The van der Waals surface area contributed by atoms with Crippen molar-refractivity contribution in [3.05, 3.63) is 0 Å². The fourth-order valence-corrected chi connectivity index (χ4v) is 6.43. The molecule has 0 aromatic heterocycles. The van der Waals surface area contributed by atoms with E-state index in [1.807, 2.05) is 0 Å². The van der Waals surface area contributed by atoms with Gasteiger partial charge < -0.3 is 15.0 Å². The third-order valence-electron chi connectivity index (χ3n) is 7.28. The van der Waals surface area contributed by atoms with Crippen molar-refractivity contribution in [3.63, 3.8) is 0 Å². The Morgan fingerprint density at radius 1 is 1.07 bits per heavy atom. The smallest absolute Gasteiger partial charge is 0.325 e. The van der Waals surface area contributed by atoms with E-state index in [0.717, 1.165) is 45.2 Å². The summed E-state index contributed by atoms with van der Waals surface area (Å²) >= 11 is 0. The van der Waals surface area contributed by atoms with Crippen LogP contribution >= 0.6 is 0 Å². The molecule has 5 aliphatic rings. The Hall–Kier alpha value is -1.59. The SMILES string of the molecule is C[C@H]1CCCN(C(=O)COC(=O)CNC(=O)C23CC4CC(CC(C4)C2)C3)C1. The van der Waals surface area contributed by atoms with Gasteiger partial charge >= 0.3 is 5.97 Å². The van der Waals surface area contributed by atoms with Crippen molar-refractivity contribution < 1.29 is 19.1 Å². The topological polar surface area (TPSA) is 75.7 Å². The molecular weight excluding hydrogens is 344 g/mol. The lowest BCUT2D eigenvalue weighted by molar-refractivity contribution is -0.154. The Bertz CT molecular complexity index is 582. The number of ether oxygens (including phenoxy) is 1. The van der Waals surface area contributed by atoms with Gasteiger partial charge in [-0.25, -0.2) is 0 Å². The van der Waals surface area contributed by atoms with E-state index in [0.29, 0.717) is 23.7 Å². The van der Waals surface area contributed by atoms with E-state index in [1.165, 1.54) is 19.3 Å². The second-order valence-corrected chi connectivity index (χ2v) is 9.63. The van der Waals surface area contributed by atoms with Crippen LogP contribution in [0.1, 0.15) is 58.3 Å². The molecule has 0 aromatic rings. The van der Waals surface area contributed by atoms with Gasteiger partial charge in [0.2, 0.25) is 5.91 Å². The Labute approximate surface area is 161 Å². The largest absolute Gasteiger partial charge is 0.454 e. The number of likely N-dealkylation sites (tertiary alicyclic amines) is 1. The van der Waals surface area contributed by atoms with Gasteiger partial charge in [0.15, 0.2) is 6.61 Å². The minimum Gasteiger partial charge on any atom is -0.454 e. The summed E-state index contributed by atoms with van der Waals surface area (Å²) in [5.41, 5.74) is -0.255. The second kappa shape index (κ2) is 7.44. The van der Waals surface area contributed by atoms with Gasteiger partial charge in [0.25, 0.3) is 5.91 Å². The number of nitrogens with zero attached hydrogens (tertiary/aromatic N) is 1. The zero-order chi connectivity index (χ0) is 19.0. The van der Waals surface area contributed by atoms with Crippen LogP contribution in [0.2, 0.25) is 0 Å². The maximum atomic E-state index is 12.8. The van der Waals surface area contributed by atoms with Crippen molar-refractivity contribution in [3.8, 4) is 0 Å². The first-order chi connectivity index (χ1) is 12.9. The number of esters is 1. The molecular formula is C21H32N2O4. The highest BCUT2D eigenvalue weighted by Crippen LogP contribution is 2.60. The second-order valence-electron chi connectivity index (χ2n) is 9.63. The predicted molar refractivity (Wildman–Crippen MR) is 99.6 cm³/mol. The number of amides is 2. The van der Waals surface area contributed by atoms with E-state index in [1.54, 1.807) is 4.90 Å². The molecule has 1 heterocycles. The van der Waals surface area contributed by atoms with Crippen molar-refractivity contribution in [1.82, 2.24) is 10.2 Å². The van der Waals surface area contributed by atoms with Gasteiger partial charge in [0.05, 0.1) is 0 Å². The number of piperidine rings is 1. The lowest BCUT2D eigenvalue weighted by atomic mass is 9.49. The van der Waals surface area contributed by atoms with Gasteiger partial charge in [-0.15, -0.1) is 0 Å². The Balaban J connectivity index is 1.21. The molecule has 27 heavy (non-hydrogen) atoms. The maximum absolute atomic E-state index is 12.8. The average molecular weight is 376 g/mol. The van der Waals surface area contributed by atoms with E-state index in [4.69, 9.17) is 4.74 Å². The fourth-order valence-electron chi connectivity index (χ4n) is 6.43. The fraction of sp³-hybridized carbons (Fsp3) is 0.857. The highest BCUT2D eigenvalue weighted by Gasteiger charge is 2.54. The summed E-state index contributed by atoms with van der Waals surface area (Å²) in [5, 5.41) is 2.81. The molecule has 1 atom stereocenters. The molecule has 5 fully saturated rings. The Morgan fingerprint density at radius 2 is 1.70 bits per heavy atom. The van der Waals surface area contributed by atoms with Gasteiger partial charge in [0.1, 0.15) is 6.54 Å². The van der Waals surface area contributed by atoms with Crippen LogP contribution in [0.4, 0.5) is 0 Å². The highest BCUT2D eigenvalue weighted by atomic mass is 16.5. The normalized spacial score (nSPS) is 37.1. The van der Waals surface area contributed by atoms with Gasteiger partial charge in [-0.05, 0) is 75.0 Å². The number of rotatable bonds is 5. The van der Waals surface area contributed by atoms with Gasteiger partial charge in [-0.3, -0.25) is 14.4 Å². The molecule has 0 spiro atoms. The van der Waals surface area contributed by atoms with Crippen LogP contribution in [0.5, 0.6) is 0 Å².